The highest BCUT2D eigenvalue weighted by atomic mass is 32.1. The van der Waals surface area contributed by atoms with Crippen LogP contribution in [0, 0.1) is 0 Å². The van der Waals surface area contributed by atoms with Crippen LogP contribution in [0.25, 0.3) is 16.7 Å². The van der Waals surface area contributed by atoms with Gasteiger partial charge in [-0.15, -0.1) is 0 Å². The van der Waals surface area contributed by atoms with Crippen molar-refractivity contribution in [3.8, 4) is 0 Å². The van der Waals surface area contributed by atoms with Crippen LogP contribution in [-0.4, -0.2) is 37.8 Å². The Labute approximate surface area is 168 Å². The van der Waals surface area contributed by atoms with Crippen LogP contribution in [-0.2, 0) is 6.54 Å². The zero-order valence-electron chi connectivity index (χ0n) is 15.3. The normalized spacial score (nSPS) is 11.7. The van der Waals surface area contributed by atoms with Crippen LogP contribution in [0.2, 0.25) is 0 Å². The monoisotopic (exact) mass is 392 g/mol. The molecule has 3 aromatic heterocycles. The van der Waals surface area contributed by atoms with E-state index in [0.717, 1.165) is 12.1 Å². The minimum absolute atomic E-state index is 0.488. The average molecular weight is 392 g/mol. The highest BCUT2D eigenvalue weighted by Gasteiger charge is 2.07. The third-order valence-electron chi connectivity index (χ3n) is 3.69. The average Bonchev–Trinajstić information content (AvgIpc) is 2.71. The Hall–Kier alpha value is -3.46. The van der Waals surface area contributed by atoms with Gasteiger partial charge in [0.25, 0.3) is 0 Å². The van der Waals surface area contributed by atoms with Crippen LogP contribution in [0.15, 0.2) is 54.0 Å². The molecule has 0 aromatic carbocycles. The van der Waals surface area contributed by atoms with Gasteiger partial charge in [-0.25, -0.2) is 9.97 Å². The van der Waals surface area contributed by atoms with Crippen molar-refractivity contribution < 1.29 is 0 Å². The van der Waals surface area contributed by atoms with Gasteiger partial charge in [0.1, 0.15) is 11.3 Å². The second-order valence-electron chi connectivity index (χ2n) is 5.73. The topological polar surface area (TPSA) is 114 Å². The van der Waals surface area contributed by atoms with E-state index in [1.54, 1.807) is 30.9 Å². The van der Waals surface area contributed by atoms with Gasteiger partial charge >= 0.3 is 0 Å². The summed E-state index contributed by atoms with van der Waals surface area (Å²) < 4.78 is 0. The molecule has 28 heavy (non-hydrogen) atoms. The van der Waals surface area contributed by atoms with Gasteiger partial charge in [0.05, 0.1) is 18.4 Å². The van der Waals surface area contributed by atoms with Crippen LogP contribution in [0.4, 0.5) is 5.82 Å². The molecule has 3 aromatic rings. The Morgan fingerprint density at radius 3 is 2.89 bits per heavy atom. The minimum atomic E-state index is 0.488. The number of thiocarbonyl (C=S) groups is 1. The van der Waals surface area contributed by atoms with Gasteiger partial charge in [-0.2, -0.15) is 0 Å². The molecule has 0 aliphatic carbocycles. The van der Waals surface area contributed by atoms with E-state index in [-0.39, 0.29) is 0 Å². The molecule has 8 nitrogen and oxygen atoms in total. The third kappa shape index (κ3) is 5.04. The summed E-state index contributed by atoms with van der Waals surface area (Å²) in [5, 5.41) is 6.54. The summed E-state index contributed by atoms with van der Waals surface area (Å²) in [5.41, 5.74) is 9.18. The van der Waals surface area contributed by atoms with E-state index < -0.39 is 0 Å². The molecule has 0 bridgehead atoms. The van der Waals surface area contributed by atoms with Crippen LogP contribution in [0.3, 0.4) is 0 Å². The molecule has 3 heterocycles. The number of aliphatic imine (C=N–C) groups is 1. The molecular formula is C19H20N8S. The van der Waals surface area contributed by atoms with Gasteiger partial charge in [0, 0.05) is 36.9 Å². The molecule has 0 fully saturated rings. The molecule has 0 atom stereocenters. The van der Waals surface area contributed by atoms with E-state index in [1.165, 1.54) is 6.20 Å². The van der Waals surface area contributed by atoms with E-state index in [1.807, 2.05) is 25.1 Å². The molecule has 0 unspecified atom stereocenters. The molecule has 0 saturated heterocycles. The Kier molecular flexibility index (Phi) is 6.53. The van der Waals surface area contributed by atoms with Crippen molar-refractivity contribution in [2.75, 3.05) is 11.9 Å². The standard InChI is InChI=1S/C19H20N8S/c1-2-23-19(28)27-17-6-5-15-18(26-17)25-16(12-24-15)14(8-20)11-22-10-13-4-3-7-21-9-13/h3-9,11-12H,2,10,20H2,1H3,(H2,23,25,26,27,28). The van der Waals surface area contributed by atoms with E-state index in [4.69, 9.17) is 18.0 Å². The van der Waals surface area contributed by atoms with Gasteiger partial charge in [0.15, 0.2) is 10.8 Å². The predicted octanol–water partition coefficient (Wildman–Crippen LogP) is 2.30. The summed E-state index contributed by atoms with van der Waals surface area (Å²) in [5.74, 6) is 0.591. The Morgan fingerprint density at radius 1 is 1.25 bits per heavy atom. The van der Waals surface area contributed by atoms with Gasteiger partial charge in [-0.3, -0.25) is 15.0 Å². The van der Waals surface area contributed by atoms with Crippen LogP contribution >= 0.6 is 12.2 Å². The first kappa shape index (κ1) is 19.3. The van der Waals surface area contributed by atoms with Crippen molar-refractivity contribution in [3.05, 3.63) is 60.3 Å². The fourth-order valence-corrected chi connectivity index (χ4v) is 2.61. The van der Waals surface area contributed by atoms with Gasteiger partial charge < -0.3 is 16.4 Å². The lowest BCUT2D eigenvalue weighted by Crippen LogP contribution is -2.28. The number of fused-ring (bicyclic) bond motifs is 1. The van der Waals surface area contributed by atoms with E-state index in [2.05, 4.69) is 35.6 Å². The van der Waals surface area contributed by atoms with E-state index >= 15 is 0 Å². The van der Waals surface area contributed by atoms with Gasteiger partial charge in [0.2, 0.25) is 0 Å². The van der Waals surface area contributed by atoms with Crippen LogP contribution in [0.5, 0.6) is 0 Å². The number of nitrogens with zero attached hydrogens (tertiary/aromatic N) is 5. The maximum absolute atomic E-state index is 5.77. The summed E-state index contributed by atoms with van der Waals surface area (Å²) >= 11 is 5.19. The number of rotatable bonds is 6. The van der Waals surface area contributed by atoms with Crippen molar-refractivity contribution in [2.24, 2.45) is 10.7 Å². The van der Waals surface area contributed by atoms with Crippen molar-refractivity contribution >= 4 is 46.1 Å². The fourth-order valence-electron chi connectivity index (χ4n) is 2.36. The second-order valence-corrected chi connectivity index (χ2v) is 6.14. The quantitative estimate of drug-likeness (QED) is 0.432. The van der Waals surface area contributed by atoms with E-state index in [9.17, 15) is 0 Å². The maximum atomic E-state index is 5.77. The van der Waals surface area contributed by atoms with E-state index in [0.29, 0.717) is 39.9 Å². The number of allylic oxidation sites excluding steroid dienone is 1. The lowest BCUT2D eigenvalue weighted by Gasteiger charge is -2.08. The highest BCUT2D eigenvalue weighted by molar-refractivity contribution is 7.80. The van der Waals surface area contributed by atoms with Gasteiger partial charge in [-0.05, 0) is 42.9 Å². The lowest BCUT2D eigenvalue weighted by atomic mass is 10.2. The van der Waals surface area contributed by atoms with Gasteiger partial charge in [-0.1, -0.05) is 6.07 Å². The second kappa shape index (κ2) is 9.47. The SMILES string of the molecule is CCNC(=S)Nc1ccc2ncc(C(C=NCc3cccnc3)=CN)nc2n1. The third-order valence-corrected chi connectivity index (χ3v) is 3.93. The number of anilines is 1. The fraction of sp³-hybridized carbons (Fsp3) is 0.158. The smallest absolute Gasteiger partial charge is 0.180 e. The summed E-state index contributed by atoms with van der Waals surface area (Å²) in [4.78, 5) is 21.9. The Balaban J connectivity index is 1.79. The number of nitrogens with two attached hydrogens (primary N) is 1. The Morgan fingerprint density at radius 2 is 2.14 bits per heavy atom. The zero-order chi connectivity index (χ0) is 19.8. The van der Waals surface area contributed by atoms with Crippen molar-refractivity contribution in [2.45, 2.75) is 13.5 Å². The molecule has 0 spiro atoms. The molecule has 0 amide bonds. The summed E-state index contributed by atoms with van der Waals surface area (Å²) in [6.07, 6.45) is 8.27. The van der Waals surface area contributed by atoms with Crippen molar-refractivity contribution in [3.63, 3.8) is 0 Å². The molecule has 0 aliphatic heterocycles. The first-order valence-electron chi connectivity index (χ1n) is 8.69. The molecule has 0 radical (unpaired) electrons. The molecule has 0 aliphatic rings. The number of pyridine rings is 2. The highest BCUT2D eigenvalue weighted by Crippen LogP contribution is 2.15. The number of nitrogens with one attached hydrogen (secondary N) is 2. The lowest BCUT2D eigenvalue weighted by molar-refractivity contribution is 0.978. The first-order chi connectivity index (χ1) is 13.7. The minimum Gasteiger partial charge on any atom is -0.404 e. The zero-order valence-corrected chi connectivity index (χ0v) is 16.1. The molecule has 142 valence electrons. The first-order valence-corrected chi connectivity index (χ1v) is 9.10. The molecule has 4 N–H and O–H groups in total. The largest absolute Gasteiger partial charge is 0.404 e. The predicted molar refractivity (Wildman–Crippen MR) is 116 cm³/mol. The summed E-state index contributed by atoms with van der Waals surface area (Å²) in [7, 11) is 0. The summed E-state index contributed by atoms with van der Waals surface area (Å²) in [6, 6.07) is 7.47. The van der Waals surface area contributed by atoms with Crippen molar-refractivity contribution in [1.29, 1.82) is 0 Å². The summed E-state index contributed by atoms with van der Waals surface area (Å²) in [6.45, 7) is 3.20. The Bertz CT molecular complexity index is 1020. The number of hydrogen-bond donors (Lipinski definition) is 3. The number of aromatic nitrogens is 4. The molecule has 3 rings (SSSR count). The van der Waals surface area contributed by atoms with Crippen molar-refractivity contribution in [1.82, 2.24) is 25.3 Å². The molecule has 9 heteroatoms. The molecular weight excluding hydrogens is 372 g/mol. The number of hydrogen-bond acceptors (Lipinski definition) is 7. The maximum Gasteiger partial charge on any atom is 0.180 e. The van der Waals surface area contributed by atoms with Crippen LogP contribution < -0.4 is 16.4 Å². The molecule has 0 saturated carbocycles. The van der Waals surface area contributed by atoms with Crippen LogP contribution in [0.1, 0.15) is 18.2 Å².